The lowest BCUT2D eigenvalue weighted by Crippen LogP contribution is -2.21. The lowest BCUT2D eigenvalue weighted by Gasteiger charge is -2.13. The van der Waals surface area contributed by atoms with E-state index in [4.69, 9.17) is 0 Å². The summed E-state index contributed by atoms with van der Waals surface area (Å²) in [6, 6.07) is 3.90. The highest BCUT2D eigenvalue weighted by atomic mass is 16.1. The van der Waals surface area contributed by atoms with Crippen LogP contribution in [0.2, 0.25) is 0 Å². The maximum Gasteiger partial charge on any atom is 0.225 e. The molecule has 2 aromatic heterocycles. The Labute approximate surface area is 98.5 Å². The Bertz CT molecular complexity index is 518. The van der Waals surface area contributed by atoms with Crippen LogP contribution in [-0.4, -0.2) is 33.8 Å². The first-order valence-electron chi connectivity index (χ1n) is 5.55. The largest absolute Gasteiger partial charge is 0.361 e. The van der Waals surface area contributed by atoms with Gasteiger partial charge < -0.3 is 9.88 Å². The summed E-state index contributed by atoms with van der Waals surface area (Å²) in [7, 11) is 0. The minimum absolute atomic E-state index is 0.252. The number of nitrogens with one attached hydrogen (secondary N) is 1. The first kappa shape index (κ1) is 10.0. The molecule has 17 heavy (non-hydrogen) atoms. The molecule has 0 bridgehead atoms. The molecule has 0 amide bonds. The zero-order chi connectivity index (χ0) is 11.7. The molecule has 86 valence electrons. The van der Waals surface area contributed by atoms with Crippen molar-refractivity contribution in [3.63, 3.8) is 0 Å². The number of anilines is 1. The Hall–Kier alpha value is -2.17. The number of ketones is 1. The van der Waals surface area contributed by atoms with Crippen LogP contribution in [0, 0.1) is 0 Å². The second kappa shape index (κ2) is 4.01. The maximum atomic E-state index is 11.2. The molecule has 1 fully saturated rings. The molecule has 0 radical (unpaired) electrons. The zero-order valence-electron chi connectivity index (χ0n) is 9.26. The van der Waals surface area contributed by atoms with Gasteiger partial charge in [0.1, 0.15) is 0 Å². The van der Waals surface area contributed by atoms with E-state index in [1.807, 2.05) is 23.2 Å². The lowest BCUT2D eigenvalue weighted by molar-refractivity contribution is -0.116. The Morgan fingerprint density at radius 3 is 2.71 bits per heavy atom. The maximum absolute atomic E-state index is 11.2. The van der Waals surface area contributed by atoms with Crippen molar-refractivity contribution in [2.24, 2.45) is 0 Å². The standard InChI is InChI=1S/C12H12N4O/c17-10-3-5-16(8-10)12-14-6-9(7-15-12)11-2-1-4-13-11/h1-2,4,6-7,13H,3,5,8H2. The molecule has 1 aliphatic rings. The third kappa shape index (κ3) is 1.91. The number of aromatic nitrogens is 3. The lowest BCUT2D eigenvalue weighted by atomic mass is 10.2. The van der Waals surface area contributed by atoms with Crippen molar-refractivity contribution in [3.8, 4) is 11.3 Å². The van der Waals surface area contributed by atoms with Gasteiger partial charge in [-0.25, -0.2) is 9.97 Å². The zero-order valence-corrected chi connectivity index (χ0v) is 9.26. The quantitative estimate of drug-likeness (QED) is 0.840. The van der Waals surface area contributed by atoms with Crippen LogP contribution in [0.15, 0.2) is 30.7 Å². The summed E-state index contributed by atoms with van der Waals surface area (Å²) in [5.74, 6) is 0.883. The predicted molar refractivity (Wildman–Crippen MR) is 63.7 cm³/mol. The first-order chi connectivity index (χ1) is 8.33. The number of H-pyrrole nitrogens is 1. The fourth-order valence-electron chi connectivity index (χ4n) is 1.93. The van der Waals surface area contributed by atoms with E-state index < -0.39 is 0 Å². The second-order valence-corrected chi connectivity index (χ2v) is 4.07. The van der Waals surface area contributed by atoms with E-state index in [9.17, 15) is 4.79 Å². The minimum atomic E-state index is 0.252. The molecule has 0 atom stereocenters. The highest BCUT2D eigenvalue weighted by molar-refractivity contribution is 5.86. The van der Waals surface area contributed by atoms with Crippen molar-refractivity contribution in [3.05, 3.63) is 30.7 Å². The van der Waals surface area contributed by atoms with Gasteiger partial charge >= 0.3 is 0 Å². The van der Waals surface area contributed by atoms with E-state index in [1.165, 1.54) is 0 Å². The van der Waals surface area contributed by atoms with Crippen molar-refractivity contribution in [1.29, 1.82) is 0 Å². The molecule has 5 heteroatoms. The van der Waals surface area contributed by atoms with Crippen LogP contribution in [0.4, 0.5) is 5.95 Å². The van der Waals surface area contributed by atoms with Gasteiger partial charge in [-0.3, -0.25) is 4.79 Å². The average Bonchev–Trinajstić information content (AvgIpc) is 3.00. The van der Waals surface area contributed by atoms with E-state index in [0.29, 0.717) is 18.9 Å². The molecule has 2 aromatic rings. The second-order valence-electron chi connectivity index (χ2n) is 4.07. The van der Waals surface area contributed by atoms with Gasteiger partial charge in [-0.05, 0) is 12.1 Å². The molecule has 0 unspecified atom stereocenters. The van der Waals surface area contributed by atoms with Crippen LogP contribution >= 0.6 is 0 Å². The van der Waals surface area contributed by atoms with Gasteiger partial charge in [-0.2, -0.15) is 0 Å². The summed E-state index contributed by atoms with van der Waals surface area (Å²) in [6.07, 6.45) is 6.01. The summed E-state index contributed by atoms with van der Waals surface area (Å²) in [4.78, 5) is 24.8. The van der Waals surface area contributed by atoms with Gasteiger partial charge in [0, 0.05) is 42.8 Å². The summed E-state index contributed by atoms with van der Waals surface area (Å²) in [6.45, 7) is 1.16. The van der Waals surface area contributed by atoms with Crippen LogP contribution in [0.3, 0.4) is 0 Å². The number of aromatic amines is 1. The SMILES string of the molecule is O=C1CCN(c2ncc(-c3ccc[nH]3)cn2)C1. The van der Waals surface area contributed by atoms with Gasteiger partial charge in [-0.15, -0.1) is 0 Å². The van der Waals surface area contributed by atoms with E-state index >= 15 is 0 Å². The van der Waals surface area contributed by atoms with Crippen molar-refractivity contribution < 1.29 is 4.79 Å². The van der Waals surface area contributed by atoms with Gasteiger partial charge in [0.25, 0.3) is 0 Å². The molecular weight excluding hydrogens is 216 g/mol. The molecule has 0 aromatic carbocycles. The number of carbonyl (C=O) groups is 1. The van der Waals surface area contributed by atoms with Crippen molar-refractivity contribution in [2.75, 3.05) is 18.0 Å². The van der Waals surface area contributed by atoms with Crippen LogP contribution in [0.5, 0.6) is 0 Å². The topological polar surface area (TPSA) is 61.9 Å². The molecule has 1 N–H and O–H groups in total. The number of Topliss-reactive ketones (excluding diaryl/α,β-unsaturated/α-hetero) is 1. The minimum Gasteiger partial charge on any atom is -0.361 e. The molecule has 3 heterocycles. The summed E-state index contributed by atoms with van der Waals surface area (Å²) in [5.41, 5.74) is 1.94. The fourth-order valence-corrected chi connectivity index (χ4v) is 1.93. The van der Waals surface area contributed by atoms with E-state index in [1.54, 1.807) is 12.4 Å². The highest BCUT2D eigenvalue weighted by Crippen LogP contribution is 2.18. The normalized spacial score (nSPS) is 15.5. The molecule has 0 spiro atoms. The molecule has 5 nitrogen and oxygen atoms in total. The Balaban J connectivity index is 1.83. The molecule has 0 saturated carbocycles. The highest BCUT2D eigenvalue weighted by Gasteiger charge is 2.21. The number of carbonyl (C=O) groups excluding carboxylic acids is 1. The third-order valence-corrected chi connectivity index (χ3v) is 2.86. The van der Waals surface area contributed by atoms with Crippen molar-refractivity contribution in [2.45, 2.75) is 6.42 Å². The van der Waals surface area contributed by atoms with Crippen LogP contribution < -0.4 is 4.90 Å². The van der Waals surface area contributed by atoms with Crippen LogP contribution in [-0.2, 0) is 4.79 Å². The molecule has 1 saturated heterocycles. The van der Waals surface area contributed by atoms with Gasteiger partial charge in [0.05, 0.1) is 6.54 Å². The molecule has 3 rings (SSSR count). The monoisotopic (exact) mass is 228 g/mol. The predicted octanol–water partition coefficient (Wildman–Crippen LogP) is 1.25. The van der Waals surface area contributed by atoms with Gasteiger partial charge in [0.15, 0.2) is 5.78 Å². The van der Waals surface area contributed by atoms with Crippen LogP contribution in [0.25, 0.3) is 11.3 Å². The fraction of sp³-hybridized carbons (Fsp3) is 0.250. The van der Waals surface area contributed by atoms with E-state index in [-0.39, 0.29) is 5.78 Å². The number of nitrogens with zero attached hydrogens (tertiary/aromatic N) is 3. The van der Waals surface area contributed by atoms with Gasteiger partial charge in [0.2, 0.25) is 5.95 Å². The van der Waals surface area contributed by atoms with Crippen LogP contribution in [0.1, 0.15) is 6.42 Å². The van der Waals surface area contributed by atoms with E-state index in [2.05, 4.69) is 15.0 Å². The average molecular weight is 228 g/mol. The first-order valence-corrected chi connectivity index (χ1v) is 5.55. The van der Waals surface area contributed by atoms with E-state index in [0.717, 1.165) is 17.8 Å². The van der Waals surface area contributed by atoms with Gasteiger partial charge in [-0.1, -0.05) is 0 Å². The van der Waals surface area contributed by atoms with Crippen molar-refractivity contribution >= 4 is 11.7 Å². The number of rotatable bonds is 2. The van der Waals surface area contributed by atoms with Crippen molar-refractivity contribution in [1.82, 2.24) is 15.0 Å². The third-order valence-electron chi connectivity index (χ3n) is 2.86. The molecular formula is C12H12N4O. The number of hydrogen-bond donors (Lipinski definition) is 1. The summed E-state index contributed by atoms with van der Waals surface area (Å²) >= 11 is 0. The Morgan fingerprint density at radius 2 is 2.12 bits per heavy atom. The Morgan fingerprint density at radius 1 is 1.29 bits per heavy atom. The Kier molecular flexibility index (Phi) is 2.36. The summed E-state index contributed by atoms with van der Waals surface area (Å²) in [5, 5.41) is 0. The number of hydrogen-bond acceptors (Lipinski definition) is 4. The molecule has 0 aliphatic carbocycles. The molecule has 1 aliphatic heterocycles. The smallest absolute Gasteiger partial charge is 0.225 e. The summed E-state index contributed by atoms with van der Waals surface area (Å²) < 4.78 is 0.